The van der Waals surface area contributed by atoms with Gasteiger partial charge in [0.15, 0.2) is 0 Å². The second-order valence-electron chi connectivity index (χ2n) is 4.31. The number of aliphatic hydroxyl groups excluding tert-OH is 1. The van der Waals surface area contributed by atoms with E-state index in [0.717, 1.165) is 16.6 Å². The van der Waals surface area contributed by atoms with Crippen molar-refractivity contribution in [2.75, 3.05) is 0 Å². The first kappa shape index (κ1) is 11.0. The standard InChI is InChI=1S/C15H14N2O/c18-15(12-6-2-1-3-7-12)10-17-11-16-13-8-4-5-9-14(13)17/h1-9,11,15,18H,10H2/t15-/m0/s1. The number of nitrogens with zero attached hydrogens (tertiary/aromatic N) is 2. The van der Waals surface area contributed by atoms with Crippen LogP contribution in [0.15, 0.2) is 60.9 Å². The van der Waals surface area contributed by atoms with Gasteiger partial charge in [0, 0.05) is 0 Å². The lowest BCUT2D eigenvalue weighted by Crippen LogP contribution is -2.07. The average Bonchev–Trinajstić information content (AvgIpc) is 2.83. The molecule has 1 atom stereocenters. The molecule has 0 amide bonds. The van der Waals surface area contributed by atoms with E-state index in [9.17, 15) is 5.11 Å². The lowest BCUT2D eigenvalue weighted by molar-refractivity contribution is 0.158. The number of benzene rings is 2. The predicted octanol–water partition coefficient (Wildman–Crippen LogP) is 2.77. The second kappa shape index (κ2) is 4.63. The van der Waals surface area contributed by atoms with Crippen LogP contribution in [0.2, 0.25) is 0 Å². The molecule has 0 fully saturated rings. The molecule has 1 heterocycles. The number of para-hydroxylation sites is 2. The van der Waals surface area contributed by atoms with E-state index in [1.54, 1.807) is 6.33 Å². The minimum Gasteiger partial charge on any atom is -0.387 e. The maximum absolute atomic E-state index is 10.2. The van der Waals surface area contributed by atoms with Gasteiger partial charge in [-0.05, 0) is 17.7 Å². The number of aliphatic hydroxyl groups is 1. The van der Waals surface area contributed by atoms with Crippen molar-refractivity contribution in [2.45, 2.75) is 12.6 Å². The fourth-order valence-electron chi connectivity index (χ4n) is 2.12. The van der Waals surface area contributed by atoms with E-state index < -0.39 is 6.10 Å². The Morgan fingerprint density at radius 1 is 1.00 bits per heavy atom. The van der Waals surface area contributed by atoms with Crippen LogP contribution in [-0.4, -0.2) is 14.7 Å². The van der Waals surface area contributed by atoms with Crippen molar-refractivity contribution < 1.29 is 5.11 Å². The zero-order valence-corrected chi connectivity index (χ0v) is 9.90. The van der Waals surface area contributed by atoms with E-state index in [1.807, 2.05) is 59.2 Å². The van der Waals surface area contributed by atoms with Gasteiger partial charge >= 0.3 is 0 Å². The van der Waals surface area contributed by atoms with Gasteiger partial charge in [0.25, 0.3) is 0 Å². The molecule has 0 aliphatic heterocycles. The van der Waals surface area contributed by atoms with Crippen molar-refractivity contribution in [1.82, 2.24) is 9.55 Å². The van der Waals surface area contributed by atoms with Gasteiger partial charge in [-0.25, -0.2) is 4.98 Å². The molecule has 3 heteroatoms. The molecule has 2 aromatic carbocycles. The fourth-order valence-corrected chi connectivity index (χ4v) is 2.12. The topological polar surface area (TPSA) is 38.0 Å². The Balaban J connectivity index is 1.89. The third-order valence-electron chi connectivity index (χ3n) is 3.08. The van der Waals surface area contributed by atoms with Crippen molar-refractivity contribution >= 4 is 11.0 Å². The number of hydrogen-bond acceptors (Lipinski definition) is 2. The average molecular weight is 238 g/mol. The van der Waals surface area contributed by atoms with Crippen LogP contribution in [0.5, 0.6) is 0 Å². The van der Waals surface area contributed by atoms with E-state index in [2.05, 4.69) is 4.98 Å². The summed E-state index contributed by atoms with van der Waals surface area (Å²) in [6.45, 7) is 0.518. The van der Waals surface area contributed by atoms with Gasteiger partial charge in [-0.15, -0.1) is 0 Å². The van der Waals surface area contributed by atoms with Crippen LogP contribution in [0.1, 0.15) is 11.7 Å². The van der Waals surface area contributed by atoms with E-state index in [1.165, 1.54) is 0 Å². The molecule has 90 valence electrons. The first-order valence-corrected chi connectivity index (χ1v) is 5.97. The highest BCUT2D eigenvalue weighted by atomic mass is 16.3. The van der Waals surface area contributed by atoms with Crippen LogP contribution >= 0.6 is 0 Å². The van der Waals surface area contributed by atoms with Gasteiger partial charge in [0.05, 0.1) is 30.0 Å². The molecule has 18 heavy (non-hydrogen) atoms. The molecule has 0 saturated carbocycles. The van der Waals surface area contributed by atoms with Gasteiger partial charge in [-0.2, -0.15) is 0 Å². The molecule has 0 saturated heterocycles. The zero-order chi connectivity index (χ0) is 12.4. The summed E-state index contributed by atoms with van der Waals surface area (Å²) in [5.41, 5.74) is 2.93. The normalized spacial score (nSPS) is 12.7. The molecule has 0 bridgehead atoms. The Morgan fingerprint density at radius 3 is 2.56 bits per heavy atom. The lowest BCUT2D eigenvalue weighted by Gasteiger charge is -2.12. The van der Waals surface area contributed by atoms with Crippen molar-refractivity contribution in [3.8, 4) is 0 Å². The van der Waals surface area contributed by atoms with Crippen LogP contribution in [0, 0.1) is 0 Å². The zero-order valence-electron chi connectivity index (χ0n) is 9.90. The summed E-state index contributed by atoms with van der Waals surface area (Å²) in [4.78, 5) is 4.32. The van der Waals surface area contributed by atoms with Gasteiger partial charge in [-0.1, -0.05) is 42.5 Å². The minimum atomic E-state index is -0.510. The van der Waals surface area contributed by atoms with Gasteiger partial charge in [0.2, 0.25) is 0 Å². The summed E-state index contributed by atoms with van der Waals surface area (Å²) >= 11 is 0. The first-order chi connectivity index (χ1) is 8.84. The van der Waals surface area contributed by atoms with E-state index >= 15 is 0 Å². The maximum Gasteiger partial charge on any atom is 0.0969 e. The molecular weight excluding hydrogens is 224 g/mol. The van der Waals surface area contributed by atoms with E-state index in [0.29, 0.717) is 6.54 Å². The Bertz CT molecular complexity index is 646. The molecule has 0 aliphatic carbocycles. The minimum absolute atomic E-state index is 0.510. The van der Waals surface area contributed by atoms with Crippen LogP contribution < -0.4 is 0 Å². The Labute approximate surface area is 105 Å². The van der Waals surface area contributed by atoms with E-state index in [-0.39, 0.29) is 0 Å². The van der Waals surface area contributed by atoms with Crippen molar-refractivity contribution in [3.63, 3.8) is 0 Å². The lowest BCUT2D eigenvalue weighted by atomic mass is 10.1. The molecule has 0 unspecified atom stereocenters. The summed E-state index contributed by atoms with van der Waals surface area (Å²) in [5, 5.41) is 10.2. The molecule has 1 N–H and O–H groups in total. The van der Waals surface area contributed by atoms with E-state index in [4.69, 9.17) is 0 Å². The SMILES string of the molecule is O[C@@H](Cn1cnc2ccccc21)c1ccccc1. The Morgan fingerprint density at radius 2 is 1.72 bits per heavy atom. The van der Waals surface area contributed by atoms with Crippen molar-refractivity contribution in [2.24, 2.45) is 0 Å². The molecule has 3 nitrogen and oxygen atoms in total. The number of fused-ring (bicyclic) bond motifs is 1. The summed E-state index contributed by atoms with van der Waals surface area (Å²) in [6.07, 6.45) is 1.26. The van der Waals surface area contributed by atoms with Gasteiger partial charge in [0.1, 0.15) is 0 Å². The molecule has 0 spiro atoms. The molecule has 0 aliphatic rings. The highest BCUT2D eigenvalue weighted by Crippen LogP contribution is 2.18. The third-order valence-corrected chi connectivity index (χ3v) is 3.08. The van der Waals surface area contributed by atoms with Crippen LogP contribution in [-0.2, 0) is 6.54 Å². The van der Waals surface area contributed by atoms with Crippen LogP contribution in [0.25, 0.3) is 11.0 Å². The molecule has 3 rings (SSSR count). The molecular formula is C15H14N2O. The fraction of sp³-hybridized carbons (Fsp3) is 0.133. The van der Waals surface area contributed by atoms with Crippen LogP contribution in [0.4, 0.5) is 0 Å². The second-order valence-corrected chi connectivity index (χ2v) is 4.31. The summed E-state index contributed by atoms with van der Waals surface area (Å²) < 4.78 is 1.98. The van der Waals surface area contributed by atoms with Gasteiger partial charge < -0.3 is 9.67 Å². The Hall–Kier alpha value is -2.13. The largest absolute Gasteiger partial charge is 0.387 e. The van der Waals surface area contributed by atoms with Crippen molar-refractivity contribution in [3.05, 3.63) is 66.5 Å². The smallest absolute Gasteiger partial charge is 0.0969 e. The monoisotopic (exact) mass is 238 g/mol. The summed E-state index contributed by atoms with van der Waals surface area (Å²) in [5.74, 6) is 0. The highest BCUT2D eigenvalue weighted by molar-refractivity contribution is 5.74. The predicted molar refractivity (Wildman–Crippen MR) is 71.1 cm³/mol. The number of rotatable bonds is 3. The summed E-state index contributed by atoms with van der Waals surface area (Å²) in [6, 6.07) is 17.6. The van der Waals surface area contributed by atoms with Gasteiger partial charge in [-0.3, -0.25) is 0 Å². The quantitative estimate of drug-likeness (QED) is 0.762. The number of imidazole rings is 1. The van der Waals surface area contributed by atoms with Crippen molar-refractivity contribution in [1.29, 1.82) is 0 Å². The molecule has 1 aromatic heterocycles. The number of aromatic nitrogens is 2. The number of hydrogen-bond donors (Lipinski definition) is 1. The van der Waals surface area contributed by atoms with Crippen LogP contribution in [0.3, 0.4) is 0 Å². The maximum atomic E-state index is 10.2. The molecule has 3 aromatic rings. The summed E-state index contributed by atoms with van der Waals surface area (Å²) in [7, 11) is 0. The molecule has 0 radical (unpaired) electrons. The third kappa shape index (κ3) is 2.00. The highest BCUT2D eigenvalue weighted by Gasteiger charge is 2.09. The first-order valence-electron chi connectivity index (χ1n) is 5.97. The Kier molecular flexibility index (Phi) is 2.82.